The van der Waals surface area contributed by atoms with Gasteiger partial charge in [-0.05, 0) is 39.8 Å². The molecule has 2 heterocycles. The van der Waals surface area contributed by atoms with Crippen molar-refractivity contribution in [1.29, 1.82) is 0 Å². The average Bonchev–Trinajstić information content (AvgIpc) is 2.76. The molecular formula is C13H20N2O3. The highest BCUT2D eigenvalue weighted by molar-refractivity contribution is 5.72. The van der Waals surface area contributed by atoms with Crippen LogP contribution in [0.25, 0.3) is 0 Å². The minimum atomic E-state index is -0.0465. The van der Waals surface area contributed by atoms with Crippen molar-refractivity contribution in [2.24, 2.45) is 5.92 Å². The fraction of sp³-hybridized carbons (Fsp3) is 0.692. The number of nitrogens with zero attached hydrogens (tertiary/aromatic N) is 2. The number of carbonyl (C=O) groups is 1. The van der Waals surface area contributed by atoms with E-state index in [9.17, 15) is 4.79 Å². The molecule has 0 aromatic carbocycles. The van der Waals surface area contributed by atoms with Crippen LogP contribution in [0.3, 0.4) is 0 Å². The fourth-order valence-electron chi connectivity index (χ4n) is 2.28. The largest absolute Gasteiger partial charge is 0.466 e. The van der Waals surface area contributed by atoms with E-state index in [1.807, 2.05) is 13.8 Å². The molecule has 0 bridgehead atoms. The van der Waals surface area contributed by atoms with Crippen LogP contribution < -0.4 is 0 Å². The lowest BCUT2D eigenvalue weighted by Crippen LogP contribution is -2.36. The summed E-state index contributed by atoms with van der Waals surface area (Å²) in [7, 11) is 0. The molecule has 100 valence electrons. The molecule has 1 fully saturated rings. The molecule has 0 spiro atoms. The molecule has 1 saturated heterocycles. The number of oxazole rings is 1. The van der Waals surface area contributed by atoms with Crippen LogP contribution in [-0.4, -0.2) is 35.5 Å². The van der Waals surface area contributed by atoms with Gasteiger partial charge in [-0.3, -0.25) is 9.69 Å². The van der Waals surface area contributed by atoms with Gasteiger partial charge in [0.25, 0.3) is 0 Å². The predicted octanol–water partition coefficient (Wildman–Crippen LogP) is 1.76. The van der Waals surface area contributed by atoms with Crippen LogP contribution in [0.5, 0.6) is 0 Å². The molecule has 0 saturated carbocycles. The summed E-state index contributed by atoms with van der Waals surface area (Å²) in [6, 6.07) is 0. The Morgan fingerprint density at radius 2 is 2.28 bits per heavy atom. The molecule has 0 radical (unpaired) electrons. The zero-order valence-electron chi connectivity index (χ0n) is 11.0. The first-order valence-corrected chi connectivity index (χ1v) is 6.48. The highest BCUT2D eigenvalue weighted by Crippen LogP contribution is 2.20. The molecule has 1 aromatic rings. The number of aromatic nitrogens is 1. The number of hydrogen-bond acceptors (Lipinski definition) is 5. The van der Waals surface area contributed by atoms with Crippen molar-refractivity contribution in [3.05, 3.63) is 17.8 Å². The molecule has 0 amide bonds. The smallest absolute Gasteiger partial charge is 0.309 e. The summed E-state index contributed by atoms with van der Waals surface area (Å²) in [5.74, 6) is 0.900. The minimum absolute atomic E-state index is 0.0465. The average molecular weight is 252 g/mol. The summed E-state index contributed by atoms with van der Waals surface area (Å²) >= 11 is 0. The third kappa shape index (κ3) is 3.10. The maximum absolute atomic E-state index is 11.6. The van der Waals surface area contributed by atoms with Crippen molar-refractivity contribution in [3.63, 3.8) is 0 Å². The third-order valence-corrected chi connectivity index (χ3v) is 3.43. The third-order valence-electron chi connectivity index (χ3n) is 3.43. The number of ether oxygens (including phenoxy) is 1. The standard InChI is InChI=1S/C13H20N2O3/c1-3-17-13(16)11-4-6-15(7-5-11)8-12-10(2)18-9-14-12/h9,11H,3-8H2,1-2H3. The van der Waals surface area contributed by atoms with Crippen molar-refractivity contribution in [2.75, 3.05) is 19.7 Å². The van der Waals surface area contributed by atoms with Crippen LogP contribution in [0.2, 0.25) is 0 Å². The lowest BCUT2D eigenvalue weighted by molar-refractivity contribution is -0.149. The summed E-state index contributed by atoms with van der Waals surface area (Å²) in [6.07, 6.45) is 3.22. The number of likely N-dealkylation sites (tertiary alicyclic amines) is 1. The van der Waals surface area contributed by atoms with Crippen molar-refractivity contribution in [1.82, 2.24) is 9.88 Å². The fourth-order valence-corrected chi connectivity index (χ4v) is 2.28. The van der Waals surface area contributed by atoms with Crippen LogP contribution in [-0.2, 0) is 16.1 Å². The van der Waals surface area contributed by atoms with E-state index in [0.717, 1.165) is 43.9 Å². The second-order valence-electron chi connectivity index (χ2n) is 4.66. The van der Waals surface area contributed by atoms with E-state index < -0.39 is 0 Å². The Labute approximate surface area is 107 Å². The van der Waals surface area contributed by atoms with Gasteiger partial charge in [-0.2, -0.15) is 0 Å². The van der Waals surface area contributed by atoms with Crippen LogP contribution in [0.4, 0.5) is 0 Å². The summed E-state index contributed by atoms with van der Waals surface area (Å²) in [5.41, 5.74) is 0.990. The lowest BCUT2D eigenvalue weighted by Gasteiger charge is -2.30. The zero-order chi connectivity index (χ0) is 13.0. The summed E-state index contributed by atoms with van der Waals surface area (Å²) in [6.45, 7) is 6.87. The van der Waals surface area contributed by atoms with E-state index in [-0.39, 0.29) is 11.9 Å². The molecule has 18 heavy (non-hydrogen) atoms. The Hall–Kier alpha value is -1.36. The molecule has 1 aliphatic rings. The zero-order valence-corrected chi connectivity index (χ0v) is 11.0. The first-order chi connectivity index (χ1) is 8.70. The second kappa shape index (κ2) is 6.00. The lowest BCUT2D eigenvalue weighted by atomic mass is 9.97. The maximum atomic E-state index is 11.6. The number of carbonyl (C=O) groups excluding carboxylic acids is 1. The molecule has 1 aliphatic heterocycles. The van der Waals surface area contributed by atoms with Gasteiger partial charge in [-0.25, -0.2) is 4.98 Å². The Morgan fingerprint density at radius 1 is 1.56 bits per heavy atom. The van der Waals surface area contributed by atoms with E-state index in [2.05, 4.69) is 9.88 Å². The van der Waals surface area contributed by atoms with Crippen molar-refractivity contribution < 1.29 is 13.9 Å². The monoisotopic (exact) mass is 252 g/mol. The van der Waals surface area contributed by atoms with Gasteiger partial charge in [0, 0.05) is 6.54 Å². The van der Waals surface area contributed by atoms with Crippen LogP contribution >= 0.6 is 0 Å². The van der Waals surface area contributed by atoms with Crippen LogP contribution in [0.1, 0.15) is 31.2 Å². The molecular weight excluding hydrogens is 232 g/mol. The van der Waals surface area contributed by atoms with Gasteiger partial charge in [0.15, 0.2) is 6.39 Å². The first kappa shape index (κ1) is 13.1. The molecule has 0 unspecified atom stereocenters. The van der Waals surface area contributed by atoms with E-state index >= 15 is 0 Å². The van der Waals surface area contributed by atoms with E-state index in [1.54, 1.807) is 0 Å². The first-order valence-electron chi connectivity index (χ1n) is 6.48. The molecule has 0 N–H and O–H groups in total. The summed E-state index contributed by atoms with van der Waals surface area (Å²) in [4.78, 5) is 18.1. The van der Waals surface area contributed by atoms with Gasteiger partial charge < -0.3 is 9.15 Å². The molecule has 5 heteroatoms. The normalized spacial score (nSPS) is 17.9. The van der Waals surface area contributed by atoms with Crippen LogP contribution in [0.15, 0.2) is 10.8 Å². The molecule has 1 aromatic heterocycles. The molecule has 2 rings (SSSR count). The van der Waals surface area contributed by atoms with Gasteiger partial charge in [0.1, 0.15) is 5.76 Å². The Bertz CT molecular complexity index is 395. The second-order valence-corrected chi connectivity index (χ2v) is 4.66. The topological polar surface area (TPSA) is 55.6 Å². The highest BCUT2D eigenvalue weighted by Gasteiger charge is 2.26. The number of esters is 1. The predicted molar refractivity (Wildman–Crippen MR) is 65.9 cm³/mol. The number of aryl methyl sites for hydroxylation is 1. The van der Waals surface area contributed by atoms with Crippen molar-refractivity contribution >= 4 is 5.97 Å². The van der Waals surface area contributed by atoms with Crippen LogP contribution in [0, 0.1) is 12.8 Å². The van der Waals surface area contributed by atoms with Gasteiger partial charge in [-0.15, -0.1) is 0 Å². The Balaban J connectivity index is 1.80. The maximum Gasteiger partial charge on any atom is 0.309 e. The summed E-state index contributed by atoms with van der Waals surface area (Å²) in [5, 5.41) is 0. The van der Waals surface area contributed by atoms with Gasteiger partial charge in [0.05, 0.1) is 18.2 Å². The van der Waals surface area contributed by atoms with Gasteiger partial charge >= 0.3 is 5.97 Å². The quantitative estimate of drug-likeness (QED) is 0.764. The SMILES string of the molecule is CCOC(=O)C1CCN(Cc2ncoc2C)CC1. The summed E-state index contributed by atoms with van der Waals surface area (Å²) < 4.78 is 10.2. The Morgan fingerprint density at radius 3 is 2.83 bits per heavy atom. The van der Waals surface area contributed by atoms with E-state index in [4.69, 9.17) is 9.15 Å². The molecule has 5 nitrogen and oxygen atoms in total. The van der Waals surface area contributed by atoms with Gasteiger partial charge in [-0.1, -0.05) is 0 Å². The van der Waals surface area contributed by atoms with Gasteiger partial charge in [0.2, 0.25) is 0 Å². The number of hydrogen-bond donors (Lipinski definition) is 0. The number of piperidine rings is 1. The molecule has 0 aliphatic carbocycles. The Kier molecular flexibility index (Phi) is 4.36. The van der Waals surface area contributed by atoms with E-state index in [0.29, 0.717) is 6.61 Å². The van der Waals surface area contributed by atoms with Crippen molar-refractivity contribution in [3.8, 4) is 0 Å². The minimum Gasteiger partial charge on any atom is -0.466 e. The molecule has 0 atom stereocenters. The van der Waals surface area contributed by atoms with E-state index in [1.165, 1.54) is 6.39 Å². The highest BCUT2D eigenvalue weighted by atomic mass is 16.5. The van der Waals surface area contributed by atoms with Crippen molar-refractivity contribution in [2.45, 2.75) is 33.2 Å². The number of rotatable bonds is 4.